The molecule has 0 aromatic rings. The number of hydrogen-bond acceptors (Lipinski definition) is 5. The van der Waals surface area contributed by atoms with Crippen molar-refractivity contribution in [1.82, 2.24) is 0 Å². The van der Waals surface area contributed by atoms with Gasteiger partial charge in [-0.25, -0.2) is 0 Å². The summed E-state index contributed by atoms with van der Waals surface area (Å²) in [6.45, 7) is 2.17. The van der Waals surface area contributed by atoms with Gasteiger partial charge in [-0.1, -0.05) is 70.4 Å². The Bertz CT molecular complexity index is 447. The van der Waals surface area contributed by atoms with E-state index in [0.29, 0.717) is 0 Å². The monoisotopic (exact) mass is 458 g/mol. The summed E-state index contributed by atoms with van der Waals surface area (Å²) in [7, 11) is -4.64. The molecule has 1 heterocycles. The first kappa shape index (κ1) is 30.2. The maximum absolute atomic E-state index is 10.6. The zero-order valence-corrected chi connectivity index (χ0v) is 22.3. The molecule has 3 atom stereocenters. The van der Waals surface area contributed by atoms with Crippen LogP contribution in [-0.2, 0) is 13.8 Å². The first-order valence-corrected chi connectivity index (χ1v) is 13.7. The van der Waals surface area contributed by atoms with E-state index in [-0.39, 0.29) is 47.7 Å². The van der Waals surface area contributed by atoms with Crippen molar-refractivity contribution in [2.75, 3.05) is 12.4 Å². The van der Waals surface area contributed by atoms with Gasteiger partial charge < -0.3 is 19.0 Å². The molecule has 1 fully saturated rings. The van der Waals surface area contributed by atoms with Crippen molar-refractivity contribution >= 4 is 19.6 Å². The van der Waals surface area contributed by atoms with Gasteiger partial charge >= 0.3 is 29.6 Å². The number of phosphoric acid groups is 1. The Balaban J connectivity index is 0.00000784. The van der Waals surface area contributed by atoms with Crippen LogP contribution in [0.3, 0.4) is 0 Å². The standard InChI is InChI=1S/C21H41O5PS.Na/c1-2-3-4-5-6-7-8-9-10-11-12-13-14-15-16-17-21-26-20(19-28-21)18-25-27(22,23)24;/h9-10,20-21H,2-8,11-19H2,1H3,(H2,22,23,24);/q;+1/p-1/b10-9+;. The molecule has 1 rings (SSSR count). The zero-order chi connectivity index (χ0) is 20.5. The second-order valence-electron chi connectivity index (χ2n) is 7.66. The molecule has 8 heteroatoms. The molecule has 1 saturated heterocycles. The van der Waals surface area contributed by atoms with Crippen molar-refractivity contribution < 1.29 is 53.2 Å². The van der Waals surface area contributed by atoms with E-state index in [1.165, 1.54) is 77.0 Å². The van der Waals surface area contributed by atoms with Crippen LogP contribution in [0.5, 0.6) is 0 Å². The first-order valence-electron chi connectivity index (χ1n) is 11.1. The Morgan fingerprint density at radius 3 is 2.17 bits per heavy atom. The fourth-order valence-electron chi connectivity index (χ4n) is 3.31. The zero-order valence-electron chi connectivity index (χ0n) is 18.6. The smallest absolute Gasteiger partial charge is 0.756 e. The van der Waals surface area contributed by atoms with Crippen molar-refractivity contribution in [2.45, 2.75) is 108 Å². The molecular formula is C21H40NaO5PS. The predicted molar refractivity (Wildman–Crippen MR) is 116 cm³/mol. The third-order valence-electron chi connectivity index (χ3n) is 4.94. The molecule has 3 unspecified atom stereocenters. The molecule has 166 valence electrons. The number of unbranched alkanes of at least 4 members (excludes halogenated alkanes) is 11. The molecule has 0 bridgehead atoms. The van der Waals surface area contributed by atoms with Gasteiger partial charge in [0.15, 0.2) is 0 Å². The average Bonchev–Trinajstić information content (AvgIpc) is 3.10. The first-order chi connectivity index (χ1) is 13.5. The predicted octanol–water partition coefficient (Wildman–Crippen LogP) is 2.96. The molecule has 1 N–H and O–H groups in total. The summed E-state index contributed by atoms with van der Waals surface area (Å²) in [5.74, 6) is 0.718. The van der Waals surface area contributed by atoms with Crippen LogP contribution in [-0.4, -0.2) is 28.8 Å². The van der Waals surface area contributed by atoms with Gasteiger partial charge in [0.2, 0.25) is 0 Å². The van der Waals surface area contributed by atoms with Gasteiger partial charge in [0, 0.05) is 5.75 Å². The molecule has 0 saturated carbocycles. The normalized spacial score (nSPS) is 21.3. The summed E-state index contributed by atoms with van der Waals surface area (Å²) in [6, 6.07) is 0. The number of allylic oxidation sites excluding steroid dienone is 2. The van der Waals surface area contributed by atoms with Crippen molar-refractivity contribution in [3.63, 3.8) is 0 Å². The topological polar surface area (TPSA) is 78.8 Å². The number of hydrogen-bond donors (Lipinski definition) is 1. The maximum atomic E-state index is 10.6. The second kappa shape index (κ2) is 19.8. The van der Waals surface area contributed by atoms with E-state index in [2.05, 4.69) is 23.6 Å². The molecule has 0 amide bonds. The van der Waals surface area contributed by atoms with Gasteiger partial charge in [0.05, 0.1) is 12.7 Å². The molecule has 29 heavy (non-hydrogen) atoms. The largest absolute Gasteiger partial charge is 1.00 e. The molecular weight excluding hydrogens is 418 g/mol. The summed E-state index contributed by atoms with van der Waals surface area (Å²) in [5, 5.41) is 0. The van der Waals surface area contributed by atoms with Crippen molar-refractivity contribution in [1.29, 1.82) is 0 Å². The van der Waals surface area contributed by atoms with Crippen LogP contribution in [0.25, 0.3) is 0 Å². The molecule has 0 aromatic heterocycles. The Morgan fingerprint density at radius 2 is 1.59 bits per heavy atom. The molecule has 5 nitrogen and oxygen atoms in total. The quantitative estimate of drug-likeness (QED) is 0.147. The maximum Gasteiger partial charge on any atom is 1.00 e. The molecule has 1 aliphatic heterocycles. The van der Waals surface area contributed by atoms with E-state index >= 15 is 0 Å². The number of rotatable bonds is 18. The SMILES string of the molecule is CCCCCCCC/C=C/CCCCCCCC1OC(COP(=O)([O-])O)CS1.[Na+]. The van der Waals surface area contributed by atoms with E-state index < -0.39 is 7.82 Å². The van der Waals surface area contributed by atoms with Crippen molar-refractivity contribution in [3.8, 4) is 0 Å². The minimum atomic E-state index is -4.64. The Hall–Kier alpha value is 1.16. The Labute approximate surface area is 204 Å². The van der Waals surface area contributed by atoms with Crippen LogP contribution >= 0.6 is 19.6 Å². The van der Waals surface area contributed by atoms with Crippen molar-refractivity contribution in [2.24, 2.45) is 0 Å². The van der Waals surface area contributed by atoms with Gasteiger partial charge in [-0.3, -0.25) is 4.57 Å². The van der Waals surface area contributed by atoms with Gasteiger partial charge in [0.25, 0.3) is 7.82 Å². The minimum Gasteiger partial charge on any atom is -0.756 e. The second-order valence-corrected chi connectivity index (χ2v) is 10.0. The number of phosphoric ester groups is 1. The third-order valence-corrected chi connectivity index (χ3v) is 6.70. The summed E-state index contributed by atoms with van der Waals surface area (Å²) in [5.41, 5.74) is 0.128. The molecule has 0 aliphatic carbocycles. The van der Waals surface area contributed by atoms with Crippen LogP contribution in [0, 0.1) is 0 Å². The van der Waals surface area contributed by atoms with Crippen LogP contribution < -0.4 is 34.5 Å². The fourth-order valence-corrected chi connectivity index (χ4v) is 4.83. The minimum absolute atomic E-state index is 0. The summed E-state index contributed by atoms with van der Waals surface area (Å²) in [4.78, 5) is 19.2. The Morgan fingerprint density at radius 1 is 1.03 bits per heavy atom. The van der Waals surface area contributed by atoms with E-state index in [0.717, 1.165) is 18.6 Å². The summed E-state index contributed by atoms with van der Waals surface area (Å²) < 4.78 is 20.7. The van der Waals surface area contributed by atoms with Gasteiger partial charge in [0.1, 0.15) is 5.44 Å². The summed E-state index contributed by atoms with van der Waals surface area (Å²) in [6.07, 6.45) is 22.3. The van der Waals surface area contributed by atoms with E-state index in [1.54, 1.807) is 11.8 Å². The number of ether oxygens (including phenoxy) is 1. The summed E-state index contributed by atoms with van der Waals surface area (Å²) >= 11 is 1.70. The van der Waals surface area contributed by atoms with Crippen LogP contribution in [0.4, 0.5) is 0 Å². The van der Waals surface area contributed by atoms with Crippen LogP contribution in [0.15, 0.2) is 12.2 Å². The van der Waals surface area contributed by atoms with Gasteiger partial charge in [-0.05, 0) is 38.5 Å². The van der Waals surface area contributed by atoms with E-state index in [9.17, 15) is 9.46 Å². The van der Waals surface area contributed by atoms with E-state index in [4.69, 9.17) is 9.63 Å². The molecule has 1 aliphatic rings. The molecule has 0 radical (unpaired) electrons. The van der Waals surface area contributed by atoms with Gasteiger partial charge in [-0.15, -0.1) is 11.8 Å². The van der Waals surface area contributed by atoms with Crippen LogP contribution in [0.2, 0.25) is 0 Å². The molecule has 0 aromatic carbocycles. The molecule has 0 spiro atoms. The Kier molecular flexibility index (Phi) is 20.6. The van der Waals surface area contributed by atoms with Crippen molar-refractivity contribution in [3.05, 3.63) is 12.2 Å². The van der Waals surface area contributed by atoms with E-state index in [1.807, 2.05) is 0 Å². The number of thioether (sulfide) groups is 1. The van der Waals surface area contributed by atoms with Crippen LogP contribution in [0.1, 0.15) is 96.8 Å². The average molecular weight is 459 g/mol. The third kappa shape index (κ3) is 19.6. The fraction of sp³-hybridized carbons (Fsp3) is 0.905. The van der Waals surface area contributed by atoms with Gasteiger partial charge in [-0.2, -0.15) is 0 Å².